The fourth-order valence-corrected chi connectivity index (χ4v) is 3.65. The average Bonchev–Trinajstić information content (AvgIpc) is 3.40. The van der Waals surface area contributed by atoms with Gasteiger partial charge in [0.15, 0.2) is 0 Å². The molecular formula is C19H18N4O3S. The van der Waals surface area contributed by atoms with E-state index >= 15 is 0 Å². The first-order valence-corrected chi connectivity index (χ1v) is 9.52. The van der Waals surface area contributed by atoms with Crippen molar-refractivity contribution < 1.29 is 14.3 Å². The molecule has 0 aliphatic carbocycles. The summed E-state index contributed by atoms with van der Waals surface area (Å²) >= 11 is 1.41. The van der Waals surface area contributed by atoms with E-state index in [2.05, 4.69) is 15.0 Å². The summed E-state index contributed by atoms with van der Waals surface area (Å²) in [5.74, 6) is 1.72. The molecule has 0 radical (unpaired) electrons. The van der Waals surface area contributed by atoms with E-state index in [4.69, 9.17) is 9.47 Å². The molecule has 3 aromatic rings. The molecule has 4 rings (SSSR count). The van der Waals surface area contributed by atoms with Gasteiger partial charge in [-0.2, -0.15) is 0 Å². The molecular weight excluding hydrogens is 364 g/mol. The van der Waals surface area contributed by atoms with Gasteiger partial charge in [0.1, 0.15) is 17.2 Å². The van der Waals surface area contributed by atoms with Gasteiger partial charge in [0.2, 0.25) is 5.88 Å². The Kier molecular flexibility index (Phi) is 4.97. The number of ether oxygens (including phenoxy) is 2. The van der Waals surface area contributed by atoms with Crippen molar-refractivity contribution in [1.29, 1.82) is 0 Å². The van der Waals surface area contributed by atoms with Crippen LogP contribution in [-0.4, -0.2) is 39.4 Å². The largest absolute Gasteiger partial charge is 0.497 e. The molecule has 0 unspecified atom stereocenters. The number of thiazole rings is 1. The Hall–Kier alpha value is -3.00. The lowest BCUT2D eigenvalue weighted by Gasteiger charge is -2.23. The van der Waals surface area contributed by atoms with Crippen molar-refractivity contribution in [2.75, 3.05) is 13.7 Å². The number of amides is 1. The second-order valence-electron chi connectivity index (χ2n) is 6.09. The van der Waals surface area contributed by atoms with Crippen LogP contribution in [0.25, 0.3) is 0 Å². The van der Waals surface area contributed by atoms with Crippen LogP contribution < -0.4 is 9.47 Å². The Morgan fingerprint density at radius 3 is 2.78 bits per heavy atom. The van der Waals surface area contributed by atoms with Gasteiger partial charge in [-0.3, -0.25) is 9.78 Å². The number of methoxy groups -OCH3 is 1. The maximum absolute atomic E-state index is 12.7. The summed E-state index contributed by atoms with van der Waals surface area (Å²) in [5.41, 5.74) is 2.87. The maximum atomic E-state index is 12.7. The molecule has 1 fully saturated rings. The Bertz CT molecular complexity index is 915. The number of nitrogens with zero attached hydrogens (tertiary/aromatic N) is 4. The summed E-state index contributed by atoms with van der Waals surface area (Å²) in [4.78, 5) is 27.5. The zero-order valence-corrected chi connectivity index (χ0v) is 15.6. The minimum absolute atomic E-state index is 0.0676. The topological polar surface area (TPSA) is 77.4 Å². The Balaban J connectivity index is 1.53. The molecule has 27 heavy (non-hydrogen) atoms. The van der Waals surface area contributed by atoms with Crippen LogP contribution in [0.3, 0.4) is 0 Å². The van der Waals surface area contributed by atoms with Gasteiger partial charge in [0.05, 0.1) is 36.7 Å². The number of aromatic nitrogens is 3. The highest BCUT2D eigenvalue weighted by Gasteiger charge is 2.32. The van der Waals surface area contributed by atoms with Crippen molar-refractivity contribution in [3.63, 3.8) is 0 Å². The number of hydrogen-bond donors (Lipinski definition) is 0. The molecule has 1 saturated heterocycles. The third-order valence-corrected chi connectivity index (χ3v) is 5.01. The van der Waals surface area contributed by atoms with Crippen molar-refractivity contribution in [3.05, 3.63) is 58.9 Å². The molecule has 0 bridgehead atoms. The number of rotatable bonds is 5. The molecule has 1 aliphatic rings. The predicted octanol–water partition coefficient (Wildman–Crippen LogP) is 3.71. The van der Waals surface area contributed by atoms with E-state index < -0.39 is 0 Å². The van der Waals surface area contributed by atoms with Gasteiger partial charge in [-0.15, -0.1) is 11.3 Å². The first kappa shape index (κ1) is 17.4. The second-order valence-corrected chi connectivity index (χ2v) is 6.81. The Morgan fingerprint density at radius 2 is 2.04 bits per heavy atom. The number of carbonyl (C=O) groups is 1. The first-order valence-electron chi connectivity index (χ1n) is 8.57. The molecule has 1 atom stereocenters. The van der Waals surface area contributed by atoms with E-state index in [0.29, 0.717) is 23.9 Å². The van der Waals surface area contributed by atoms with E-state index in [1.54, 1.807) is 42.5 Å². The van der Waals surface area contributed by atoms with Gasteiger partial charge in [-0.05, 0) is 37.1 Å². The van der Waals surface area contributed by atoms with Crippen molar-refractivity contribution >= 4 is 17.2 Å². The molecule has 0 spiro atoms. The summed E-state index contributed by atoms with van der Waals surface area (Å²) in [7, 11) is 1.62. The van der Waals surface area contributed by atoms with Crippen LogP contribution in [0.5, 0.6) is 17.4 Å². The van der Waals surface area contributed by atoms with Crippen LogP contribution in [0.4, 0.5) is 0 Å². The van der Waals surface area contributed by atoms with E-state index in [1.807, 2.05) is 17.0 Å². The normalized spacial score (nSPS) is 16.3. The van der Waals surface area contributed by atoms with E-state index in [1.165, 1.54) is 11.3 Å². The molecule has 138 valence electrons. The van der Waals surface area contributed by atoms with Crippen LogP contribution in [-0.2, 0) is 0 Å². The van der Waals surface area contributed by atoms with E-state index in [9.17, 15) is 4.79 Å². The molecule has 7 nitrogen and oxygen atoms in total. The zero-order chi connectivity index (χ0) is 18.6. The van der Waals surface area contributed by atoms with Crippen molar-refractivity contribution in [3.8, 4) is 17.4 Å². The van der Waals surface area contributed by atoms with Crippen LogP contribution in [0.15, 0.2) is 47.5 Å². The lowest BCUT2D eigenvalue weighted by Crippen LogP contribution is -2.31. The van der Waals surface area contributed by atoms with Gasteiger partial charge in [0, 0.05) is 11.9 Å². The average molecular weight is 382 g/mol. The number of benzene rings is 1. The lowest BCUT2D eigenvalue weighted by atomic mass is 10.1. The minimum Gasteiger partial charge on any atom is -0.497 e. The van der Waals surface area contributed by atoms with Crippen LogP contribution >= 0.6 is 11.3 Å². The van der Waals surface area contributed by atoms with E-state index in [-0.39, 0.29) is 11.9 Å². The molecule has 1 aliphatic heterocycles. The molecule has 3 heterocycles. The van der Waals surface area contributed by atoms with Gasteiger partial charge < -0.3 is 14.4 Å². The van der Waals surface area contributed by atoms with Crippen LogP contribution in [0.2, 0.25) is 0 Å². The molecule has 0 N–H and O–H groups in total. The smallest absolute Gasteiger partial charge is 0.273 e. The molecule has 0 saturated carbocycles. The summed E-state index contributed by atoms with van der Waals surface area (Å²) in [6, 6.07) is 7.13. The molecule has 2 aromatic heterocycles. The van der Waals surface area contributed by atoms with Gasteiger partial charge >= 0.3 is 0 Å². The first-order chi connectivity index (χ1) is 13.2. The number of carbonyl (C=O) groups excluding carboxylic acids is 1. The SMILES string of the molecule is COc1ccc(Oc2cncc([C@@H]3CCCN3C(=O)c3cscn3)n2)cc1. The summed E-state index contributed by atoms with van der Waals surface area (Å²) in [5, 5.41) is 1.77. The zero-order valence-electron chi connectivity index (χ0n) is 14.7. The lowest BCUT2D eigenvalue weighted by molar-refractivity contribution is 0.0727. The van der Waals surface area contributed by atoms with Crippen molar-refractivity contribution in [1.82, 2.24) is 19.9 Å². The van der Waals surface area contributed by atoms with Crippen LogP contribution in [0.1, 0.15) is 35.1 Å². The van der Waals surface area contributed by atoms with E-state index in [0.717, 1.165) is 24.3 Å². The highest BCUT2D eigenvalue weighted by Crippen LogP contribution is 2.33. The third-order valence-electron chi connectivity index (χ3n) is 4.42. The van der Waals surface area contributed by atoms with Gasteiger partial charge in [-0.1, -0.05) is 0 Å². The summed E-state index contributed by atoms with van der Waals surface area (Å²) < 4.78 is 10.9. The summed E-state index contributed by atoms with van der Waals surface area (Å²) in [6.45, 7) is 0.687. The Labute approximate surface area is 160 Å². The fourth-order valence-electron chi connectivity index (χ4n) is 3.12. The highest BCUT2D eigenvalue weighted by atomic mass is 32.1. The maximum Gasteiger partial charge on any atom is 0.273 e. The molecule has 8 heteroatoms. The minimum atomic E-state index is -0.119. The van der Waals surface area contributed by atoms with Gasteiger partial charge in [-0.25, -0.2) is 9.97 Å². The quantitative estimate of drug-likeness (QED) is 0.669. The highest BCUT2D eigenvalue weighted by molar-refractivity contribution is 7.07. The summed E-state index contributed by atoms with van der Waals surface area (Å²) in [6.07, 6.45) is 5.02. The number of likely N-dealkylation sites (tertiary alicyclic amines) is 1. The third kappa shape index (κ3) is 3.75. The van der Waals surface area contributed by atoms with Crippen LogP contribution in [0, 0.1) is 0 Å². The monoisotopic (exact) mass is 382 g/mol. The standard InChI is InChI=1S/C19H18N4O3S/c1-25-13-4-6-14(7-5-13)26-18-10-20-9-15(22-18)17-3-2-8-23(17)19(24)16-11-27-12-21-16/h4-7,9-12,17H,2-3,8H2,1H3/t17-/m0/s1. The van der Waals surface area contributed by atoms with Gasteiger partial charge in [0.25, 0.3) is 5.91 Å². The molecule has 1 amide bonds. The number of hydrogen-bond acceptors (Lipinski definition) is 7. The van der Waals surface area contributed by atoms with Crippen molar-refractivity contribution in [2.45, 2.75) is 18.9 Å². The second kappa shape index (κ2) is 7.71. The predicted molar refractivity (Wildman–Crippen MR) is 100 cm³/mol. The molecule has 1 aromatic carbocycles. The fraction of sp³-hybridized carbons (Fsp3) is 0.263. The van der Waals surface area contributed by atoms with Crippen molar-refractivity contribution in [2.24, 2.45) is 0 Å². The Morgan fingerprint density at radius 1 is 1.22 bits per heavy atom.